The molecule has 3 aromatic rings. The molecule has 1 aliphatic rings. The number of amides is 1. The fourth-order valence-corrected chi connectivity index (χ4v) is 3.36. The summed E-state index contributed by atoms with van der Waals surface area (Å²) in [4.78, 5) is 21.0. The van der Waals surface area contributed by atoms with Crippen molar-refractivity contribution in [2.45, 2.75) is 13.0 Å². The summed E-state index contributed by atoms with van der Waals surface area (Å²) in [6, 6.07) is 14.0. The van der Waals surface area contributed by atoms with Crippen molar-refractivity contribution in [1.29, 1.82) is 0 Å². The summed E-state index contributed by atoms with van der Waals surface area (Å²) in [5.41, 5.74) is 3.21. The molecule has 4 rings (SSSR count). The van der Waals surface area contributed by atoms with Gasteiger partial charge in [0, 0.05) is 51.3 Å². The van der Waals surface area contributed by atoms with E-state index in [-0.39, 0.29) is 5.91 Å². The molecule has 27 heavy (non-hydrogen) atoms. The Kier molecular flexibility index (Phi) is 5.25. The van der Waals surface area contributed by atoms with Crippen molar-refractivity contribution in [2.24, 2.45) is 0 Å². The minimum Gasteiger partial charge on any atom is -0.340 e. The highest BCUT2D eigenvalue weighted by atomic mass is 16.2. The second-order valence-electron chi connectivity index (χ2n) is 6.82. The zero-order valence-corrected chi connectivity index (χ0v) is 15.2. The molecule has 2 aromatic heterocycles. The summed E-state index contributed by atoms with van der Waals surface area (Å²) in [6.07, 6.45) is 7.77. The first kappa shape index (κ1) is 17.4. The van der Waals surface area contributed by atoms with Crippen LogP contribution < -0.4 is 0 Å². The van der Waals surface area contributed by atoms with Crippen molar-refractivity contribution in [2.75, 3.05) is 26.2 Å². The van der Waals surface area contributed by atoms with E-state index in [1.165, 1.54) is 5.56 Å². The van der Waals surface area contributed by atoms with Gasteiger partial charge >= 0.3 is 0 Å². The number of carbonyl (C=O) groups excluding carboxylic acids is 1. The summed E-state index contributed by atoms with van der Waals surface area (Å²) >= 11 is 0. The largest absolute Gasteiger partial charge is 0.340 e. The minimum absolute atomic E-state index is 0.172. The summed E-state index contributed by atoms with van der Waals surface area (Å²) in [6.45, 7) is 4.26. The van der Waals surface area contributed by atoms with Crippen LogP contribution in [-0.2, 0) is 17.8 Å². The van der Waals surface area contributed by atoms with Gasteiger partial charge in [0.15, 0.2) is 0 Å². The van der Waals surface area contributed by atoms with Crippen LogP contribution in [0.15, 0.2) is 67.3 Å². The molecule has 0 atom stereocenters. The molecule has 1 saturated heterocycles. The van der Waals surface area contributed by atoms with Crippen LogP contribution in [0.1, 0.15) is 11.1 Å². The molecule has 138 valence electrons. The second kappa shape index (κ2) is 8.14. The van der Waals surface area contributed by atoms with Crippen LogP contribution in [0, 0.1) is 0 Å². The van der Waals surface area contributed by atoms with Gasteiger partial charge in [0.25, 0.3) is 0 Å². The van der Waals surface area contributed by atoms with Crippen molar-refractivity contribution in [3.8, 4) is 5.69 Å². The van der Waals surface area contributed by atoms with E-state index in [0.29, 0.717) is 6.42 Å². The minimum atomic E-state index is 0.172. The molecule has 0 radical (unpaired) electrons. The van der Waals surface area contributed by atoms with Gasteiger partial charge in [0.2, 0.25) is 5.91 Å². The highest BCUT2D eigenvalue weighted by molar-refractivity contribution is 5.78. The van der Waals surface area contributed by atoms with Gasteiger partial charge in [0.05, 0.1) is 18.3 Å². The maximum Gasteiger partial charge on any atom is 0.227 e. The number of nitrogens with zero attached hydrogens (tertiary/aromatic N) is 5. The molecule has 0 N–H and O–H groups in total. The number of hydrogen-bond acceptors (Lipinski definition) is 4. The van der Waals surface area contributed by atoms with Crippen LogP contribution in [-0.4, -0.2) is 56.7 Å². The Morgan fingerprint density at radius 1 is 0.926 bits per heavy atom. The van der Waals surface area contributed by atoms with Gasteiger partial charge in [-0.3, -0.25) is 14.7 Å². The Balaban J connectivity index is 1.29. The lowest BCUT2D eigenvalue weighted by molar-refractivity contribution is -0.132. The number of hydrogen-bond donors (Lipinski definition) is 0. The summed E-state index contributed by atoms with van der Waals surface area (Å²) in [5.74, 6) is 0.172. The molecule has 1 aromatic carbocycles. The van der Waals surface area contributed by atoms with Crippen molar-refractivity contribution in [1.82, 2.24) is 24.6 Å². The normalized spacial score (nSPS) is 15.0. The molecule has 0 saturated carbocycles. The summed E-state index contributed by atoms with van der Waals surface area (Å²) in [7, 11) is 0. The van der Waals surface area contributed by atoms with E-state index < -0.39 is 0 Å². The fraction of sp³-hybridized carbons (Fsp3) is 0.286. The molecule has 6 nitrogen and oxygen atoms in total. The third-order valence-electron chi connectivity index (χ3n) is 4.89. The lowest BCUT2D eigenvalue weighted by atomic mass is 10.2. The molecule has 0 bridgehead atoms. The van der Waals surface area contributed by atoms with Crippen molar-refractivity contribution >= 4 is 5.91 Å². The van der Waals surface area contributed by atoms with E-state index in [9.17, 15) is 4.79 Å². The van der Waals surface area contributed by atoms with E-state index in [0.717, 1.165) is 44.0 Å². The van der Waals surface area contributed by atoms with Gasteiger partial charge < -0.3 is 4.90 Å². The molecule has 6 heteroatoms. The number of rotatable bonds is 5. The highest BCUT2D eigenvalue weighted by Gasteiger charge is 2.21. The SMILES string of the molecule is O=C(Cc1cnn(-c2ccccc2)c1)N1CCN(Cc2ccncc2)CC1. The molecule has 1 aliphatic heterocycles. The summed E-state index contributed by atoms with van der Waals surface area (Å²) < 4.78 is 1.81. The first-order valence-electron chi connectivity index (χ1n) is 9.26. The first-order chi connectivity index (χ1) is 13.3. The Morgan fingerprint density at radius 3 is 2.41 bits per heavy atom. The maximum atomic E-state index is 12.6. The van der Waals surface area contributed by atoms with E-state index in [2.05, 4.69) is 15.0 Å². The highest BCUT2D eigenvalue weighted by Crippen LogP contribution is 2.12. The second-order valence-corrected chi connectivity index (χ2v) is 6.82. The van der Waals surface area contributed by atoms with Crippen LogP contribution in [0.2, 0.25) is 0 Å². The molecular weight excluding hydrogens is 338 g/mol. The Labute approximate surface area is 159 Å². The predicted octanol–water partition coefficient (Wildman–Crippen LogP) is 2.15. The smallest absolute Gasteiger partial charge is 0.227 e. The monoisotopic (exact) mass is 361 g/mol. The Hall–Kier alpha value is -2.99. The number of para-hydroxylation sites is 1. The van der Waals surface area contributed by atoms with Crippen LogP contribution in [0.5, 0.6) is 0 Å². The van der Waals surface area contributed by atoms with Gasteiger partial charge in [-0.1, -0.05) is 18.2 Å². The van der Waals surface area contributed by atoms with Crippen molar-refractivity contribution in [3.05, 3.63) is 78.4 Å². The average molecular weight is 361 g/mol. The molecule has 1 fully saturated rings. The van der Waals surface area contributed by atoms with Crippen molar-refractivity contribution < 1.29 is 4.79 Å². The average Bonchev–Trinajstić information content (AvgIpc) is 3.18. The van der Waals surface area contributed by atoms with Gasteiger partial charge in [-0.25, -0.2) is 4.68 Å². The number of carbonyl (C=O) groups is 1. The lowest BCUT2D eigenvalue weighted by Gasteiger charge is -2.34. The standard InChI is InChI=1S/C21H23N5O/c27-21(14-19-15-23-26(17-19)20-4-2-1-3-5-20)25-12-10-24(11-13-25)16-18-6-8-22-9-7-18/h1-9,15,17H,10-14,16H2. The zero-order valence-electron chi connectivity index (χ0n) is 15.2. The van der Waals surface area contributed by atoms with Crippen LogP contribution in [0.25, 0.3) is 5.69 Å². The van der Waals surface area contributed by atoms with E-state index in [4.69, 9.17) is 0 Å². The van der Waals surface area contributed by atoms with E-state index >= 15 is 0 Å². The molecule has 0 aliphatic carbocycles. The molecule has 0 spiro atoms. The number of piperazine rings is 1. The Morgan fingerprint density at radius 2 is 1.67 bits per heavy atom. The van der Waals surface area contributed by atoms with Crippen LogP contribution in [0.3, 0.4) is 0 Å². The number of benzene rings is 1. The predicted molar refractivity (Wildman–Crippen MR) is 103 cm³/mol. The third kappa shape index (κ3) is 4.41. The van der Waals surface area contributed by atoms with Gasteiger partial charge in [0.1, 0.15) is 0 Å². The quantitative estimate of drug-likeness (QED) is 0.699. The molecule has 0 unspecified atom stereocenters. The zero-order chi connectivity index (χ0) is 18.5. The van der Waals surface area contributed by atoms with Crippen LogP contribution in [0.4, 0.5) is 0 Å². The molecule has 3 heterocycles. The fourth-order valence-electron chi connectivity index (χ4n) is 3.36. The van der Waals surface area contributed by atoms with Gasteiger partial charge in [-0.05, 0) is 35.4 Å². The maximum absolute atomic E-state index is 12.6. The molecular formula is C21H23N5O. The topological polar surface area (TPSA) is 54.3 Å². The van der Waals surface area contributed by atoms with Crippen LogP contribution >= 0.6 is 0 Å². The summed E-state index contributed by atoms with van der Waals surface area (Å²) in [5, 5.41) is 4.38. The van der Waals surface area contributed by atoms with Crippen molar-refractivity contribution in [3.63, 3.8) is 0 Å². The lowest BCUT2D eigenvalue weighted by Crippen LogP contribution is -2.48. The molecule has 1 amide bonds. The number of aromatic nitrogens is 3. The first-order valence-corrected chi connectivity index (χ1v) is 9.26. The van der Waals surface area contributed by atoms with Gasteiger partial charge in [-0.15, -0.1) is 0 Å². The van der Waals surface area contributed by atoms with E-state index in [1.54, 1.807) is 6.20 Å². The Bertz CT molecular complexity index is 870. The van der Waals surface area contributed by atoms with E-state index in [1.807, 2.05) is 70.6 Å². The number of pyridine rings is 1. The van der Waals surface area contributed by atoms with Gasteiger partial charge in [-0.2, -0.15) is 5.10 Å². The third-order valence-corrected chi connectivity index (χ3v) is 4.89.